The van der Waals surface area contributed by atoms with Gasteiger partial charge in [-0.05, 0) is 27.9 Å². The number of rotatable bonds is 8. The van der Waals surface area contributed by atoms with Gasteiger partial charge in [-0.2, -0.15) is 4.98 Å². The van der Waals surface area contributed by atoms with Gasteiger partial charge in [0.15, 0.2) is 0 Å². The number of aromatic nitrogens is 2. The van der Waals surface area contributed by atoms with Crippen LogP contribution >= 0.6 is 0 Å². The highest BCUT2D eigenvalue weighted by Crippen LogP contribution is 2.10. The van der Waals surface area contributed by atoms with Crippen molar-refractivity contribution in [3.05, 3.63) is 27.4 Å². The Bertz CT molecular complexity index is 552. The van der Waals surface area contributed by atoms with Crippen LogP contribution in [0.1, 0.15) is 17.0 Å². The zero-order chi connectivity index (χ0) is 16.0. The molecule has 0 aliphatic rings. The Morgan fingerprint density at radius 2 is 2.00 bits per heavy atom. The summed E-state index contributed by atoms with van der Waals surface area (Å²) >= 11 is 0. The first-order valence-corrected chi connectivity index (χ1v) is 6.84. The molecule has 0 fully saturated rings. The molecule has 1 aromatic rings. The van der Waals surface area contributed by atoms with Crippen molar-refractivity contribution >= 4 is 5.97 Å². The van der Waals surface area contributed by atoms with E-state index < -0.39 is 5.97 Å². The van der Waals surface area contributed by atoms with Crippen molar-refractivity contribution in [3.8, 4) is 0 Å². The molecule has 7 nitrogen and oxygen atoms in total. The number of carboxylic acids is 1. The van der Waals surface area contributed by atoms with Crippen molar-refractivity contribution < 1.29 is 14.6 Å². The van der Waals surface area contributed by atoms with E-state index in [1.54, 1.807) is 13.8 Å². The summed E-state index contributed by atoms with van der Waals surface area (Å²) < 4.78 is 6.94. The van der Waals surface area contributed by atoms with E-state index in [0.717, 1.165) is 6.54 Å². The molecule has 0 aromatic carbocycles. The van der Waals surface area contributed by atoms with Gasteiger partial charge >= 0.3 is 11.7 Å². The Morgan fingerprint density at radius 3 is 2.57 bits per heavy atom. The maximum Gasteiger partial charge on any atom is 0.348 e. The first kappa shape index (κ1) is 17.3. The highest BCUT2D eigenvalue weighted by atomic mass is 16.5. The Balaban J connectivity index is 2.77. The van der Waals surface area contributed by atoms with Gasteiger partial charge in [0, 0.05) is 23.5 Å². The molecular formula is C14H23N3O4. The molecule has 1 heterocycles. The van der Waals surface area contributed by atoms with Crippen LogP contribution in [-0.2, 0) is 22.5 Å². The van der Waals surface area contributed by atoms with E-state index in [1.807, 2.05) is 19.0 Å². The molecule has 0 amide bonds. The molecule has 1 N–H and O–H groups in total. The van der Waals surface area contributed by atoms with Gasteiger partial charge in [-0.1, -0.05) is 0 Å². The molecular weight excluding hydrogens is 274 g/mol. The SMILES string of the molecule is Cc1nc(=O)n(CCOCCN(C)C)c(C)c1CC(=O)O. The third kappa shape index (κ3) is 5.28. The Labute approximate surface area is 124 Å². The van der Waals surface area contributed by atoms with Gasteiger partial charge in [0.25, 0.3) is 0 Å². The van der Waals surface area contributed by atoms with Gasteiger partial charge in [0.05, 0.1) is 26.2 Å². The lowest BCUT2D eigenvalue weighted by Gasteiger charge is -2.15. The minimum atomic E-state index is -0.935. The van der Waals surface area contributed by atoms with E-state index in [9.17, 15) is 9.59 Å². The zero-order valence-electron chi connectivity index (χ0n) is 13.0. The molecule has 0 saturated carbocycles. The lowest BCUT2D eigenvalue weighted by atomic mass is 10.1. The van der Waals surface area contributed by atoms with Crippen LogP contribution in [0.3, 0.4) is 0 Å². The molecule has 0 aliphatic carbocycles. The van der Waals surface area contributed by atoms with Crippen LogP contribution < -0.4 is 5.69 Å². The lowest BCUT2D eigenvalue weighted by Crippen LogP contribution is -2.30. The van der Waals surface area contributed by atoms with Crippen LogP contribution in [0.2, 0.25) is 0 Å². The number of aryl methyl sites for hydroxylation is 1. The predicted octanol–water partition coefficient (Wildman–Crippen LogP) is 0.0654. The Hall–Kier alpha value is -1.73. The van der Waals surface area contributed by atoms with Crippen LogP contribution in [0.4, 0.5) is 0 Å². The van der Waals surface area contributed by atoms with Crippen molar-refractivity contribution in [2.24, 2.45) is 0 Å². The summed E-state index contributed by atoms with van der Waals surface area (Å²) in [4.78, 5) is 28.7. The van der Waals surface area contributed by atoms with Gasteiger partial charge in [-0.15, -0.1) is 0 Å². The quantitative estimate of drug-likeness (QED) is 0.683. The van der Waals surface area contributed by atoms with Gasteiger partial charge in [-0.25, -0.2) is 4.79 Å². The van der Waals surface area contributed by atoms with E-state index in [-0.39, 0.29) is 12.1 Å². The maximum atomic E-state index is 11.9. The highest BCUT2D eigenvalue weighted by molar-refractivity contribution is 5.70. The number of carboxylic acid groups (broad SMARTS) is 1. The molecule has 0 saturated heterocycles. The second kappa shape index (κ2) is 7.90. The fraction of sp³-hybridized carbons (Fsp3) is 0.643. The lowest BCUT2D eigenvalue weighted by molar-refractivity contribution is -0.136. The smallest absolute Gasteiger partial charge is 0.348 e. The molecule has 0 aliphatic heterocycles. The third-order valence-electron chi connectivity index (χ3n) is 3.24. The van der Waals surface area contributed by atoms with E-state index in [4.69, 9.17) is 9.84 Å². The summed E-state index contributed by atoms with van der Waals surface area (Å²) in [7, 11) is 3.92. The molecule has 0 atom stereocenters. The number of likely N-dealkylation sites (N-methyl/N-ethyl adjacent to an activating group) is 1. The first-order valence-electron chi connectivity index (χ1n) is 6.84. The van der Waals surface area contributed by atoms with Crippen LogP contribution in [-0.4, -0.2) is 59.4 Å². The molecule has 1 aromatic heterocycles. The van der Waals surface area contributed by atoms with Crippen LogP contribution in [0, 0.1) is 13.8 Å². The number of ether oxygens (including phenoxy) is 1. The number of nitrogens with zero attached hydrogens (tertiary/aromatic N) is 3. The molecule has 21 heavy (non-hydrogen) atoms. The third-order valence-corrected chi connectivity index (χ3v) is 3.24. The largest absolute Gasteiger partial charge is 0.481 e. The summed E-state index contributed by atoms with van der Waals surface area (Å²) in [6.07, 6.45) is -0.133. The molecule has 0 bridgehead atoms. The second-order valence-corrected chi connectivity index (χ2v) is 5.18. The van der Waals surface area contributed by atoms with Gasteiger partial charge in [-0.3, -0.25) is 9.36 Å². The summed E-state index contributed by atoms with van der Waals surface area (Å²) in [6.45, 7) is 5.56. The van der Waals surface area contributed by atoms with E-state index in [0.29, 0.717) is 36.7 Å². The molecule has 0 radical (unpaired) electrons. The summed E-state index contributed by atoms with van der Waals surface area (Å²) in [5.74, 6) is -0.935. The average molecular weight is 297 g/mol. The number of carbonyl (C=O) groups is 1. The minimum absolute atomic E-state index is 0.133. The minimum Gasteiger partial charge on any atom is -0.481 e. The van der Waals surface area contributed by atoms with Crippen molar-refractivity contribution in [1.82, 2.24) is 14.5 Å². The van der Waals surface area contributed by atoms with E-state index in [2.05, 4.69) is 4.98 Å². The topological polar surface area (TPSA) is 84.7 Å². The Kier molecular flexibility index (Phi) is 6.51. The number of hydrogen-bond acceptors (Lipinski definition) is 5. The molecule has 0 spiro atoms. The van der Waals surface area contributed by atoms with Crippen LogP contribution in [0.25, 0.3) is 0 Å². The first-order chi connectivity index (χ1) is 9.82. The van der Waals surface area contributed by atoms with Gasteiger partial charge in [0.2, 0.25) is 0 Å². The van der Waals surface area contributed by atoms with E-state index >= 15 is 0 Å². The molecule has 1 rings (SSSR count). The summed E-state index contributed by atoms with van der Waals surface area (Å²) in [6, 6.07) is 0. The summed E-state index contributed by atoms with van der Waals surface area (Å²) in [5, 5.41) is 8.93. The predicted molar refractivity (Wildman–Crippen MR) is 78.7 cm³/mol. The normalized spacial score (nSPS) is 11.1. The van der Waals surface area contributed by atoms with Crippen molar-refractivity contribution in [2.75, 3.05) is 33.9 Å². The van der Waals surface area contributed by atoms with Crippen LogP contribution in [0.15, 0.2) is 4.79 Å². The van der Waals surface area contributed by atoms with Crippen LogP contribution in [0.5, 0.6) is 0 Å². The summed E-state index contributed by atoms with van der Waals surface area (Å²) in [5.41, 5.74) is 1.35. The van der Waals surface area contributed by atoms with Crippen molar-refractivity contribution in [1.29, 1.82) is 0 Å². The van der Waals surface area contributed by atoms with Crippen molar-refractivity contribution in [3.63, 3.8) is 0 Å². The second-order valence-electron chi connectivity index (χ2n) is 5.18. The highest BCUT2D eigenvalue weighted by Gasteiger charge is 2.14. The fourth-order valence-corrected chi connectivity index (χ4v) is 2.01. The van der Waals surface area contributed by atoms with Gasteiger partial charge < -0.3 is 14.7 Å². The monoisotopic (exact) mass is 297 g/mol. The standard InChI is InChI=1S/C14H23N3O4/c1-10-12(9-13(18)19)11(2)17(14(20)15-10)6-8-21-7-5-16(3)4/h5-9H2,1-4H3,(H,18,19). The molecule has 7 heteroatoms. The van der Waals surface area contributed by atoms with E-state index in [1.165, 1.54) is 4.57 Å². The van der Waals surface area contributed by atoms with Gasteiger partial charge in [0.1, 0.15) is 0 Å². The van der Waals surface area contributed by atoms with Crippen molar-refractivity contribution in [2.45, 2.75) is 26.8 Å². The molecule has 118 valence electrons. The Morgan fingerprint density at radius 1 is 1.33 bits per heavy atom. The fourth-order valence-electron chi connectivity index (χ4n) is 2.01. The zero-order valence-corrected chi connectivity index (χ0v) is 13.0. The maximum absolute atomic E-state index is 11.9. The molecule has 0 unspecified atom stereocenters. The number of aliphatic carboxylic acids is 1. The average Bonchev–Trinajstić information content (AvgIpc) is 2.37. The number of hydrogen-bond donors (Lipinski definition) is 1.